The number of sulfone groups is 1. The summed E-state index contributed by atoms with van der Waals surface area (Å²) in [6.45, 7) is 2.22. The summed E-state index contributed by atoms with van der Waals surface area (Å²) in [6, 6.07) is 33.2. The highest BCUT2D eigenvalue weighted by Gasteiger charge is 2.23. The Balaban J connectivity index is 1.39. The van der Waals surface area contributed by atoms with Gasteiger partial charge in [0.2, 0.25) is 0 Å². The average molecular weight is 564 g/mol. The normalized spacial score (nSPS) is 12.2. The van der Waals surface area contributed by atoms with Gasteiger partial charge in [-0.1, -0.05) is 79.7 Å². The van der Waals surface area contributed by atoms with Crippen LogP contribution in [0.3, 0.4) is 0 Å². The Kier molecular flexibility index (Phi) is 8.60. The highest BCUT2D eigenvalue weighted by Crippen LogP contribution is 2.35. The predicted molar refractivity (Wildman–Crippen MR) is 165 cm³/mol. The number of hydrogen-bond acceptors (Lipinski definition) is 5. The maximum Gasteiger partial charge on any atom is 0.154 e. The lowest BCUT2D eigenvalue weighted by molar-refractivity contribution is -0.117. The second kappa shape index (κ2) is 12.5. The zero-order valence-electron chi connectivity index (χ0n) is 23.3. The third-order valence-corrected chi connectivity index (χ3v) is 8.86. The standard InChI is InChI=1S/C35H33NO4S/c1-3-34(41(2,38)39)30-21-29-16-10-18-36-35(29)32(23-30)27-15-9-13-26(19-27)24-40-33-17-8-7-14-28(33)22-31(37)20-25-11-5-4-6-12-25/h4-19,21,23,34H,3,20,22,24H2,1-2H3. The van der Waals surface area contributed by atoms with Crippen molar-refractivity contribution in [1.82, 2.24) is 4.98 Å². The molecular weight excluding hydrogens is 530 g/mol. The van der Waals surface area contributed by atoms with E-state index in [2.05, 4.69) is 11.1 Å². The van der Waals surface area contributed by atoms with E-state index < -0.39 is 15.1 Å². The molecule has 0 saturated heterocycles. The van der Waals surface area contributed by atoms with Gasteiger partial charge in [0.25, 0.3) is 0 Å². The van der Waals surface area contributed by atoms with Crippen molar-refractivity contribution < 1.29 is 17.9 Å². The molecule has 5 aromatic rings. The fraction of sp³-hybridized carbons (Fsp3) is 0.200. The third kappa shape index (κ3) is 6.90. The molecule has 0 fully saturated rings. The number of pyridine rings is 1. The lowest BCUT2D eigenvalue weighted by Crippen LogP contribution is -2.11. The number of benzene rings is 4. The summed E-state index contributed by atoms with van der Waals surface area (Å²) >= 11 is 0. The zero-order valence-corrected chi connectivity index (χ0v) is 24.1. The third-order valence-electron chi connectivity index (χ3n) is 7.22. The summed E-state index contributed by atoms with van der Waals surface area (Å²) in [5.41, 5.74) is 6.22. The number of rotatable bonds is 11. The molecule has 0 spiro atoms. The van der Waals surface area contributed by atoms with E-state index in [1.165, 1.54) is 6.26 Å². The molecule has 0 N–H and O–H groups in total. The number of nitrogens with zero attached hydrogens (tertiary/aromatic N) is 1. The van der Waals surface area contributed by atoms with E-state index in [1.54, 1.807) is 6.20 Å². The molecule has 0 aliphatic heterocycles. The van der Waals surface area contributed by atoms with Crippen molar-refractivity contribution in [2.24, 2.45) is 0 Å². The Morgan fingerprint density at radius 1 is 0.829 bits per heavy atom. The summed E-state index contributed by atoms with van der Waals surface area (Å²) in [5, 5.41) is 0.316. The number of para-hydroxylation sites is 1. The number of hydrogen-bond donors (Lipinski definition) is 0. The van der Waals surface area contributed by atoms with Gasteiger partial charge in [-0.15, -0.1) is 0 Å². The van der Waals surface area contributed by atoms with Crippen LogP contribution in [0.25, 0.3) is 22.0 Å². The molecular formula is C35H33NO4S. The van der Waals surface area contributed by atoms with Crippen LogP contribution in [0, 0.1) is 0 Å². The highest BCUT2D eigenvalue weighted by molar-refractivity contribution is 7.90. The second-order valence-electron chi connectivity index (χ2n) is 10.3. The van der Waals surface area contributed by atoms with Crippen molar-refractivity contribution in [1.29, 1.82) is 0 Å². The van der Waals surface area contributed by atoms with Crippen molar-refractivity contribution in [3.63, 3.8) is 0 Å². The first-order valence-electron chi connectivity index (χ1n) is 13.7. The van der Waals surface area contributed by atoms with Crippen LogP contribution in [0.5, 0.6) is 5.75 Å². The molecule has 6 heteroatoms. The molecule has 5 rings (SSSR count). The molecule has 0 aliphatic rings. The van der Waals surface area contributed by atoms with Gasteiger partial charge in [0.05, 0.1) is 10.8 Å². The maximum atomic E-state index is 12.8. The molecule has 0 bridgehead atoms. The van der Waals surface area contributed by atoms with Gasteiger partial charge in [-0.3, -0.25) is 9.78 Å². The first kappa shape index (κ1) is 28.2. The van der Waals surface area contributed by atoms with Crippen molar-refractivity contribution in [2.45, 2.75) is 38.0 Å². The van der Waals surface area contributed by atoms with E-state index >= 15 is 0 Å². The van der Waals surface area contributed by atoms with Gasteiger partial charge in [-0.2, -0.15) is 0 Å². The number of carbonyl (C=O) groups excluding carboxylic acids is 1. The van der Waals surface area contributed by atoms with Gasteiger partial charge in [0.15, 0.2) is 9.84 Å². The molecule has 1 heterocycles. The monoisotopic (exact) mass is 563 g/mol. The molecule has 0 amide bonds. The first-order chi connectivity index (χ1) is 19.8. The van der Waals surface area contributed by atoms with Crippen LogP contribution in [0.2, 0.25) is 0 Å². The number of ether oxygens (including phenoxy) is 1. The number of Topliss-reactive ketones (excluding diaryl/α,β-unsaturated/α-hetero) is 1. The molecule has 1 aromatic heterocycles. The summed E-state index contributed by atoms with van der Waals surface area (Å²) < 4.78 is 31.3. The van der Waals surface area contributed by atoms with Gasteiger partial charge in [0.1, 0.15) is 18.1 Å². The summed E-state index contributed by atoms with van der Waals surface area (Å²) in [6.07, 6.45) is 4.22. The summed E-state index contributed by atoms with van der Waals surface area (Å²) in [5.74, 6) is 0.820. The SMILES string of the molecule is CCC(c1cc(-c2cccc(COc3ccccc3CC(=O)Cc3ccccc3)c2)c2ncccc2c1)S(C)(=O)=O. The van der Waals surface area contributed by atoms with Crippen molar-refractivity contribution >= 4 is 26.5 Å². The molecule has 0 radical (unpaired) electrons. The minimum atomic E-state index is -3.28. The van der Waals surface area contributed by atoms with E-state index in [9.17, 15) is 13.2 Å². The first-order valence-corrected chi connectivity index (χ1v) is 15.7. The number of ketones is 1. The van der Waals surface area contributed by atoms with E-state index in [4.69, 9.17) is 4.74 Å². The fourth-order valence-corrected chi connectivity index (χ4v) is 6.52. The summed E-state index contributed by atoms with van der Waals surface area (Å²) in [4.78, 5) is 17.4. The van der Waals surface area contributed by atoms with Gasteiger partial charge in [-0.05, 0) is 59.0 Å². The van der Waals surface area contributed by atoms with Gasteiger partial charge in [0, 0.05) is 41.8 Å². The minimum absolute atomic E-state index is 0.132. The Labute approximate surface area is 241 Å². The Bertz CT molecular complexity index is 1780. The second-order valence-corrected chi connectivity index (χ2v) is 12.6. The number of fused-ring (bicyclic) bond motifs is 1. The maximum absolute atomic E-state index is 12.8. The molecule has 5 nitrogen and oxygen atoms in total. The van der Waals surface area contributed by atoms with E-state index in [1.807, 2.05) is 104 Å². The lowest BCUT2D eigenvalue weighted by atomic mass is 9.96. The number of aromatic nitrogens is 1. The lowest BCUT2D eigenvalue weighted by Gasteiger charge is -2.17. The molecule has 0 aliphatic carbocycles. The van der Waals surface area contributed by atoms with E-state index in [-0.39, 0.29) is 5.78 Å². The van der Waals surface area contributed by atoms with Crippen LogP contribution in [0.15, 0.2) is 109 Å². The van der Waals surface area contributed by atoms with Gasteiger partial charge < -0.3 is 4.74 Å². The van der Waals surface area contributed by atoms with Crippen LogP contribution in [-0.4, -0.2) is 25.4 Å². The van der Waals surface area contributed by atoms with Gasteiger partial charge in [-0.25, -0.2) is 8.42 Å². The topological polar surface area (TPSA) is 73.3 Å². The van der Waals surface area contributed by atoms with Crippen molar-refractivity contribution in [2.75, 3.05) is 6.26 Å². The number of carbonyl (C=O) groups is 1. The Morgan fingerprint density at radius 3 is 2.37 bits per heavy atom. The van der Waals surface area contributed by atoms with Crippen LogP contribution in [0.1, 0.15) is 40.8 Å². The smallest absolute Gasteiger partial charge is 0.154 e. The average Bonchev–Trinajstić information content (AvgIpc) is 2.96. The zero-order chi connectivity index (χ0) is 28.8. The van der Waals surface area contributed by atoms with Crippen LogP contribution < -0.4 is 4.74 Å². The predicted octanol–water partition coefficient (Wildman–Crippen LogP) is 7.33. The molecule has 1 atom stereocenters. The molecule has 0 saturated carbocycles. The van der Waals surface area contributed by atoms with Crippen molar-refractivity contribution in [3.05, 3.63) is 132 Å². The minimum Gasteiger partial charge on any atom is -0.489 e. The summed E-state index contributed by atoms with van der Waals surface area (Å²) in [7, 11) is -3.28. The van der Waals surface area contributed by atoms with Crippen LogP contribution >= 0.6 is 0 Å². The molecule has 4 aromatic carbocycles. The molecule has 208 valence electrons. The van der Waals surface area contributed by atoms with Crippen molar-refractivity contribution in [3.8, 4) is 16.9 Å². The fourth-order valence-electron chi connectivity index (χ4n) is 5.29. The van der Waals surface area contributed by atoms with E-state index in [0.717, 1.165) is 44.3 Å². The van der Waals surface area contributed by atoms with Gasteiger partial charge >= 0.3 is 0 Å². The largest absolute Gasteiger partial charge is 0.489 e. The highest BCUT2D eigenvalue weighted by atomic mass is 32.2. The van der Waals surface area contributed by atoms with Crippen LogP contribution in [0.4, 0.5) is 0 Å². The van der Waals surface area contributed by atoms with Crippen LogP contribution in [-0.2, 0) is 34.1 Å². The Morgan fingerprint density at radius 2 is 1.59 bits per heavy atom. The quantitative estimate of drug-likeness (QED) is 0.168. The Hall–Kier alpha value is -4.29. The molecule has 41 heavy (non-hydrogen) atoms. The van der Waals surface area contributed by atoms with E-state index in [0.29, 0.717) is 31.6 Å². The molecule has 1 unspecified atom stereocenters.